The summed E-state index contributed by atoms with van der Waals surface area (Å²) in [6.07, 6.45) is 2.54. The molecule has 0 saturated heterocycles. The zero-order valence-electron chi connectivity index (χ0n) is 9.82. The van der Waals surface area contributed by atoms with E-state index in [-0.39, 0.29) is 5.78 Å². The minimum atomic E-state index is 0.231. The molecule has 0 fully saturated rings. The predicted molar refractivity (Wildman–Crippen MR) is 66.1 cm³/mol. The lowest BCUT2D eigenvalue weighted by Gasteiger charge is -2.10. The molecule has 0 atom stereocenters. The highest BCUT2D eigenvalue weighted by atomic mass is 16.3. The molecular weight excluding hydrogens is 212 g/mol. The Kier molecular flexibility index (Phi) is 2.36. The van der Waals surface area contributed by atoms with Gasteiger partial charge in [-0.2, -0.15) is 0 Å². The fourth-order valence-corrected chi connectivity index (χ4v) is 2.57. The first-order valence-electron chi connectivity index (χ1n) is 5.98. The number of rotatable bonds is 1. The number of furan rings is 1. The molecule has 1 heterocycles. The second kappa shape index (κ2) is 3.88. The molecule has 2 heteroatoms. The van der Waals surface area contributed by atoms with Crippen molar-refractivity contribution >= 4 is 5.78 Å². The van der Waals surface area contributed by atoms with Crippen LogP contribution < -0.4 is 0 Å². The minimum absolute atomic E-state index is 0.231. The highest BCUT2D eigenvalue weighted by Crippen LogP contribution is 2.35. The van der Waals surface area contributed by atoms with Crippen LogP contribution in [0.2, 0.25) is 0 Å². The van der Waals surface area contributed by atoms with Gasteiger partial charge in [0.1, 0.15) is 11.5 Å². The second-order valence-corrected chi connectivity index (χ2v) is 4.48. The van der Waals surface area contributed by atoms with Gasteiger partial charge in [-0.05, 0) is 19.8 Å². The van der Waals surface area contributed by atoms with Crippen LogP contribution in [0.15, 0.2) is 34.7 Å². The molecule has 0 radical (unpaired) electrons. The fourth-order valence-electron chi connectivity index (χ4n) is 2.57. The van der Waals surface area contributed by atoms with Crippen LogP contribution in [0, 0.1) is 6.92 Å². The maximum atomic E-state index is 11.9. The van der Waals surface area contributed by atoms with E-state index in [0.29, 0.717) is 6.42 Å². The average molecular weight is 226 g/mol. The van der Waals surface area contributed by atoms with Crippen molar-refractivity contribution in [2.45, 2.75) is 26.2 Å². The molecule has 0 bridgehead atoms. The summed E-state index contributed by atoms with van der Waals surface area (Å²) in [4.78, 5) is 11.9. The molecule has 0 unspecified atom stereocenters. The lowest BCUT2D eigenvalue weighted by molar-refractivity contribution is 0.0971. The Bertz CT molecular complexity index is 564. The van der Waals surface area contributed by atoms with Crippen LogP contribution in [0.4, 0.5) is 0 Å². The first-order chi connectivity index (χ1) is 8.27. The summed E-state index contributed by atoms with van der Waals surface area (Å²) >= 11 is 0. The van der Waals surface area contributed by atoms with Gasteiger partial charge in [-0.1, -0.05) is 30.3 Å². The number of benzene rings is 1. The molecule has 0 aliphatic heterocycles. The van der Waals surface area contributed by atoms with Crippen LogP contribution in [-0.4, -0.2) is 5.78 Å². The molecule has 2 nitrogen and oxygen atoms in total. The van der Waals surface area contributed by atoms with E-state index in [9.17, 15) is 4.79 Å². The van der Waals surface area contributed by atoms with Crippen LogP contribution >= 0.6 is 0 Å². The van der Waals surface area contributed by atoms with Gasteiger partial charge in [-0.3, -0.25) is 4.79 Å². The molecule has 17 heavy (non-hydrogen) atoms. The molecule has 0 N–H and O–H groups in total. The molecule has 1 aromatic heterocycles. The van der Waals surface area contributed by atoms with Crippen LogP contribution in [0.1, 0.15) is 34.5 Å². The number of carbonyl (C=O) groups excluding carboxylic acids is 1. The standard InChI is InChI=1S/C15H14O2/c1-10-14-12(8-5-9-13(14)16)15(17-10)11-6-3-2-4-7-11/h2-4,6-7H,5,8-9H2,1H3. The van der Waals surface area contributed by atoms with E-state index < -0.39 is 0 Å². The summed E-state index contributed by atoms with van der Waals surface area (Å²) in [6, 6.07) is 10.0. The van der Waals surface area contributed by atoms with Gasteiger partial charge in [-0.25, -0.2) is 0 Å². The smallest absolute Gasteiger partial charge is 0.166 e. The quantitative estimate of drug-likeness (QED) is 0.740. The average Bonchev–Trinajstić information content (AvgIpc) is 2.69. The first-order valence-corrected chi connectivity index (χ1v) is 5.98. The number of fused-ring (bicyclic) bond motifs is 1. The fraction of sp³-hybridized carbons (Fsp3) is 0.267. The van der Waals surface area contributed by atoms with Gasteiger partial charge in [0.2, 0.25) is 0 Å². The maximum Gasteiger partial charge on any atom is 0.166 e. The van der Waals surface area contributed by atoms with E-state index in [1.54, 1.807) is 0 Å². The second-order valence-electron chi connectivity index (χ2n) is 4.48. The normalized spacial score (nSPS) is 14.8. The van der Waals surface area contributed by atoms with Crippen molar-refractivity contribution < 1.29 is 9.21 Å². The summed E-state index contributed by atoms with van der Waals surface area (Å²) in [5.74, 6) is 1.88. The number of hydrogen-bond acceptors (Lipinski definition) is 2. The Morgan fingerprint density at radius 1 is 1.12 bits per heavy atom. The Morgan fingerprint density at radius 3 is 2.65 bits per heavy atom. The van der Waals surface area contributed by atoms with Crippen molar-refractivity contribution in [3.05, 3.63) is 47.2 Å². The molecular formula is C15H14O2. The predicted octanol–water partition coefficient (Wildman–Crippen LogP) is 3.77. The van der Waals surface area contributed by atoms with E-state index in [0.717, 1.165) is 41.1 Å². The summed E-state index contributed by atoms with van der Waals surface area (Å²) in [7, 11) is 0. The lowest BCUT2D eigenvalue weighted by atomic mass is 9.90. The Labute approximate surface area is 100 Å². The van der Waals surface area contributed by atoms with Gasteiger partial charge in [-0.15, -0.1) is 0 Å². The van der Waals surface area contributed by atoms with Crippen molar-refractivity contribution in [1.29, 1.82) is 0 Å². The van der Waals surface area contributed by atoms with Crippen molar-refractivity contribution in [2.75, 3.05) is 0 Å². The first kappa shape index (κ1) is 10.3. The number of ketones is 1. The Hall–Kier alpha value is -1.83. The highest BCUT2D eigenvalue weighted by Gasteiger charge is 2.26. The third-order valence-electron chi connectivity index (χ3n) is 3.33. The number of hydrogen-bond donors (Lipinski definition) is 0. The molecule has 0 amide bonds. The summed E-state index contributed by atoms with van der Waals surface area (Å²) < 4.78 is 5.80. The van der Waals surface area contributed by atoms with Crippen LogP contribution in [-0.2, 0) is 6.42 Å². The highest BCUT2D eigenvalue weighted by molar-refractivity contribution is 6.01. The van der Waals surface area contributed by atoms with E-state index >= 15 is 0 Å². The molecule has 0 saturated carbocycles. The van der Waals surface area contributed by atoms with Gasteiger partial charge in [0.15, 0.2) is 5.78 Å². The number of carbonyl (C=O) groups is 1. The molecule has 86 valence electrons. The van der Waals surface area contributed by atoms with Crippen molar-refractivity contribution in [3.8, 4) is 11.3 Å². The Balaban J connectivity index is 2.20. The zero-order valence-corrected chi connectivity index (χ0v) is 9.82. The maximum absolute atomic E-state index is 11.9. The van der Waals surface area contributed by atoms with E-state index in [4.69, 9.17) is 4.42 Å². The monoisotopic (exact) mass is 226 g/mol. The van der Waals surface area contributed by atoms with E-state index in [2.05, 4.69) is 0 Å². The van der Waals surface area contributed by atoms with Gasteiger partial charge < -0.3 is 4.42 Å². The molecule has 1 aliphatic rings. The van der Waals surface area contributed by atoms with Crippen molar-refractivity contribution in [2.24, 2.45) is 0 Å². The third kappa shape index (κ3) is 1.60. The lowest BCUT2D eigenvalue weighted by Crippen LogP contribution is -2.09. The summed E-state index contributed by atoms with van der Waals surface area (Å²) in [5, 5.41) is 0. The largest absolute Gasteiger partial charge is 0.460 e. The topological polar surface area (TPSA) is 30.2 Å². The SMILES string of the molecule is Cc1oc(-c2ccccc2)c2c1C(=O)CCC2. The number of aryl methyl sites for hydroxylation is 1. The number of Topliss-reactive ketones (excluding diaryl/α,β-unsaturated/α-hetero) is 1. The van der Waals surface area contributed by atoms with Gasteiger partial charge in [0.25, 0.3) is 0 Å². The minimum Gasteiger partial charge on any atom is -0.460 e. The zero-order chi connectivity index (χ0) is 11.8. The van der Waals surface area contributed by atoms with Gasteiger partial charge in [0.05, 0.1) is 5.56 Å². The van der Waals surface area contributed by atoms with Crippen LogP contribution in [0.5, 0.6) is 0 Å². The van der Waals surface area contributed by atoms with Crippen LogP contribution in [0.3, 0.4) is 0 Å². The Morgan fingerprint density at radius 2 is 1.88 bits per heavy atom. The molecule has 3 rings (SSSR count). The van der Waals surface area contributed by atoms with Crippen LogP contribution in [0.25, 0.3) is 11.3 Å². The molecule has 0 spiro atoms. The third-order valence-corrected chi connectivity index (χ3v) is 3.33. The molecule has 1 aromatic carbocycles. The molecule has 2 aromatic rings. The summed E-state index contributed by atoms with van der Waals surface area (Å²) in [5.41, 5.74) is 2.99. The van der Waals surface area contributed by atoms with E-state index in [1.165, 1.54) is 0 Å². The van der Waals surface area contributed by atoms with Gasteiger partial charge >= 0.3 is 0 Å². The molecule has 1 aliphatic carbocycles. The summed E-state index contributed by atoms with van der Waals surface area (Å²) in [6.45, 7) is 1.88. The van der Waals surface area contributed by atoms with Crippen molar-refractivity contribution in [1.82, 2.24) is 0 Å². The van der Waals surface area contributed by atoms with Crippen molar-refractivity contribution in [3.63, 3.8) is 0 Å². The van der Waals surface area contributed by atoms with E-state index in [1.807, 2.05) is 37.3 Å². The van der Waals surface area contributed by atoms with Gasteiger partial charge in [0, 0.05) is 17.5 Å².